The van der Waals surface area contributed by atoms with Gasteiger partial charge in [-0.15, -0.1) is 0 Å². The highest BCUT2D eigenvalue weighted by Gasteiger charge is 2.32. The number of carbonyl (C=O) groups excluding carboxylic acids is 1. The van der Waals surface area contributed by atoms with Crippen molar-refractivity contribution in [2.75, 3.05) is 17.3 Å². The second kappa shape index (κ2) is 5.65. The smallest absolute Gasteiger partial charge is 0.412 e. The molecule has 2 aromatic rings. The third-order valence-electron chi connectivity index (χ3n) is 4.15. The van der Waals surface area contributed by atoms with E-state index in [2.05, 4.69) is 10.4 Å². The van der Waals surface area contributed by atoms with Crippen LogP contribution in [0.3, 0.4) is 0 Å². The number of benzene rings is 1. The molecule has 25 heavy (non-hydrogen) atoms. The second-order valence-corrected chi connectivity index (χ2v) is 7.19. The maximum absolute atomic E-state index is 12.5. The zero-order valence-corrected chi connectivity index (χ0v) is 15.3. The van der Waals surface area contributed by atoms with Gasteiger partial charge in [0.2, 0.25) is 0 Å². The molecule has 1 N–H and O–H groups in total. The summed E-state index contributed by atoms with van der Waals surface area (Å²) < 4.78 is 8.24. The van der Waals surface area contributed by atoms with Crippen LogP contribution >= 0.6 is 0 Å². The van der Waals surface area contributed by atoms with Gasteiger partial charge in [-0.25, -0.2) is 18.8 Å². The number of ether oxygens (including phenoxy) is 1. The third-order valence-corrected chi connectivity index (χ3v) is 4.15. The molecule has 1 amide bonds. The van der Waals surface area contributed by atoms with Gasteiger partial charge >= 0.3 is 11.8 Å². The van der Waals surface area contributed by atoms with E-state index in [4.69, 9.17) is 4.74 Å². The molecule has 8 nitrogen and oxygen atoms in total. The third kappa shape index (κ3) is 2.88. The molecule has 0 saturated carbocycles. The molecule has 1 aliphatic heterocycles. The Kier molecular flexibility index (Phi) is 3.85. The maximum Gasteiger partial charge on any atom is 0.412 e. The first-order valence-electron chi connectivity index (χ1n) is 8.12. The first kappa shape index (κ1) is 17.1. The standard InChI is InChI=1S/C17H23N5O3/c1-10-14-19-21(6)16(24)22(14)12-9-7-8-11(13(12)20(10)5)18-15(23)25-17(2,3)4/h7-10H,1-6H3,(H,18,23). The minimum Gasteiger partial charge on any atom is -0.444 e. The van der Waals surface area contributed by atoms with Crippen molar-refractivity contribution in [2.45, 2.75) is 39.3 Å². The molecule has 3 rings (SSSR count). The first-order chi connectivity index (χ1) is 11.6. The number of nitrogens with one attached hydrogen (secondary N) is 1. The van der Waals surface area contributed by atoms with Crippen molar-refractivity contribution in [3.05, 3.63) is 34.5 Å². The summed E-state index contributed by atoms with van der Waals surface area (Å²) in [5, 5.41) is 7.12. The molecule has 0 spiro atoms. The van der Waals surface area contributed by atoms with Crippen molar-refractivity contribution in [1.29, 1.82) is 0 Å². The second-order valence-electron chi connectivity index (χ2n) is 7.19. The summed E-state index contributed by atoms with van der Waals surface area (Å²) in [6.45, 7) is 7.39. The maximum atomic E-state index is 12.5. The molecular weight excluding hydrogens is 322 g/mol. The van der Waals surface area contributed by atoms with E-state index in [9.17, 15) is 9.59 Å². The average molecular weight is 345 g/mol. The van der Waals surface area contributed by atoms with E-state index < -0.39 is 11.7 Å². The Labute approximate surface area is 146 Å². The number of aromatic nitrogens is 3. The number of nitrogens with zero attached hydrogens (tertiary/aromatic N) is 4. The van der Waals surface area contributed by atoms with E-state index in [1.165, 1.54) is 4.68 Å². The quantitative estimate of drug-likeness (QED) is 0.858. The van der Waals surface area contributed by atoms with E-state index in [0.29, 0.717) is 17.2 Å². The number of carbonyl (C=O) groups is 1. The summed E-state index contributed by atoms with van der Waals surface area (Å²) in [5.74, 6) is 0.664. The molecular formula is C17H23N5O3. The summed E-state index contributed by atoms with van der Waals surface area (Å²) in [5.41, 5.74) is 1.21. The summed E-state index contributed by atoms with van der Waals surface area (Å²) in [6.07, 6.45) is -0.536. The first-order valence-corrected chi connectivity index (χ1v) is 8.12. The fourth-order valence-electron chi connectivity index (χ4n) is 2.94. The summed E-state index contributed by atoms with van der Waals surface area (Å²) in [4.78, 5) is 26.7. The van der Waals surface area contributed by atoms with Gasteiger partial charge in [-0.3, -0.25) is 5.32 Å². The highest BCUT2D eigenvalue weighted by molar-refractivity contribution is 5.93. The Morgan fingerprint density at radius 1 is 1.28 bits per heavy atom. The van der Waals surface area contributed by atoms with E-state index in [0.717, 1.165) is 5.69 Å². The lowest BCUT2D eigenvalue weighted by Gasteiger charge is -2.34. The van der Waals surface area contributed by atoms with Crippen LogP contribution in [0.4, 0.5) is 16.2 Å². The number of hydrogen-bond acceptors (Lipinski definition) is 5. The number of aryl methyl sites for hydroxylation is 1. The molecule has 0 fully saturated rings. The Balaban J connectivity index is 2.09. The van der Waals surface area contributed by atoms with Gasteiger partial charge in [-0.05, 0) is 39.8 Å². The fraction of sp³-hybridized carbons (Fsp3) is 0.471. The van der Waals surface area contributed by atoms with Gasteiger partial charge in [0, 0.05) is 14.1 Å². The van der Waals surface area contributed by atoms with Crippen molar-refractivity contribution in [1.82, 2.24) is 14.3 Å². The van der Waals surface area contributed by atoms with Crippen LogP contribution in [-0.2, 0) is 11.8 Å². The molecule has 1 aromatic carbocycles. The van der Waals surface area contributed by atoms with E-state index in [-0.39, 0.29) is 11.7 Å². The van der Waals surface area contributed by atoms with Gasteiger partial charge < -0.3 is 9.64 Å². The van der Waals surface area contributed by atoms with Crippen LogP contribution in [0.25, 0.3) is 5.69 Å². The van der Waals surface area contributed by atoms with E-state index in [1.807, 2.05) is 45.7 Å². The normalized spacial score (nSPS) is 16.2. The van der Waals surface area contributed by atoms with E-state index >= 15 is 0 Å². The van der Waals surface area contributed by atoms with Crippen molar-refractivity contribution in [3.8, 4) is 5.69 Å². The number of hydrogen-bond donors (Lipinski definition) is 1. The predicted molar refractivity (Wildman–Crippen MR) is 95.5 cm³/mol. The van der Waals surface area contributed by atoms with Crippen molar-refractivity contribution >= 4 is 17.5 Å². The lowest BCUT2D eigenvalue weighted by molar-refractivity contribution is 0.0636. The molecule has 0 saturated heterocycles. The van der Waals surface area contributed by atoms with Crippen molar-refractivity contribution < 1.29 is 9.53 Å². The van der Waals surface area contributed by atoms with Crippen LogP contribution < -0.4 is 15.9 Å². The lowest BCUT2D eigenvalue weighted by Crippen LogP contribution is -2.34. The van der Waals surface area contributed by atoms with Gasteiger partial charge in [0.15, 0.2) is 5.82 Å². The highest BCUT2D eigenvalue weighted by atomic mass is 16.6. The molecule has 1 atom stereocenters. The molecule has 2 heterocycles. The Hall–Kier alpha value is -2.77. The van der Waals surface area contributed by atoms with Gasteiger partial charge in [0.25, 0.3) is 0 Å². The molecule has 1 aliphatic rings. The monoisotopic (exact) mass is 345 g/mol. The minimum absolute atomic E-state index is 0.122. The predicted octanol–water partition coefficient (Wildman–Crippen LogP) is 2.43. The minimum atomic E-state index is -0.592. The Morgan fingerprint density at radius 3 is 2.60 bits per heavy atom. The number of amides is 1. The summed E-state index contributed by atoms with van der Waals surface area (Å²) in [6, 6.07) is 5.30. The van der Waals surface area contributed by atoms with Crippen molar-refractivity contribution in [2.24, 2.45) is 7.05 Å². The topological polar surface area (TPSA) is 81.4 Å². The molecule has 0 aliphatic carbocycles. The summed E-state index contributed by atoms with van der Waals surface area (Å²) in [7, 11) is 3.54. The molecule has 134 valence electrons. The molecule has 0 bridgehead atoms. The van der Waals surface area contributed by atoms with Crippen LogP contribution in [0, 0.1) is 0 Å². The van der Waals surface area contributed by atoms with Gasteiger partial charge in [0.05, 0.1) is 23.1 Å². The SMILES string of the molecule is CC1c2nn(C)c(=O)n2-c2cccc(NC(=O)OC(C)(C)C)c2N1C. The van der Waals surface area contributed by atoms with E-state index in [1.54, 1.807) is 23.7 Å². The van der Waals surface area contributed by atoms with Crippen LogP contribution in [0.1, 0.15) is 39.6 Å². The zero-order valence-electron chi connectivity index (χ0n) is 15.3. The highest BCUT2D eigenvalue weighted by Crippen LogP contribution is 2.40. The summed E-state index contributed by atoms with van der Waals surface area (Å²) >= 11 is 0. The number of rotatable bonds is 1. The number of para-hydroxylation sites is 1. The van der Waals surface area contributed by atoms with Gasteiger partial charge in [-0.2, -0.15) is 5.10 Å². The van der Waals surface area contributed by atoms with Gasteiger partial charge in [0.1, 0.15) is 5.60 Å². The largest absolute Gasteiger partial charge is 0.444 e. The Bertz CT molecular complexity index is 891. The number of anilines is 2. The average Bonchev–Trinajstić information content (AvgIpc) is 2.79. The molecule has 1 unspecified atom stereocenters. The van der Waals surface area contributed by atoms with Gasteiger partial charge in [-0.1, -0.05) is 6.07 Å². The number of fused-ring (bicyclic) bond motifs is 3. The van der Waals surface area contributed by atoms with Crippen LogP contribution in [0.15, 0.2) is 23.0 Å². The fourth-order valence-corrected chi connectivity index (χ4v) is 2.94. The van der Waals surface area contributed by atoms with Crippen LogP contribution in [0.5, 0.6) is 0 Å². The Morgan fingerprint density at radius 2 is 1.96 bits per heavy atom. The van der Waals surface area contributed by atoms with Crippen LogP contribution in [-0.4, -0.2) is 33.1 Å². The molecule has 8 heteroatoms. The molecule has 0 radical (unpaired) electrons. The molecule has 1 aromatic heterocycles. The lowest BCUT2D eigenvalue weighted by atomic mass is 10.1. The zero-order chi connectivity index (χ0) is 18.5. The van der Waals surface area contributed by atoms with Crippen molar-refractivity contribution in [3.63, 3.8) is 0 Å². The van der Waals surface area contributed by atoms with Crippen LogP contribution in [0.2, 0.25) is 0 Å².